The zero-order chi connectivity index (χ0) is 15.0. The van der Waals surface area contributed by atoms with Crippen molar-refractivity contribution >= 4 is 0 Å². The van der Waals surface area contributed by atoms with Crippen LogP contribution >= 0.6 is 0 Å². The van der Waals surface area contributed by atoms with E-state index in [1.807, 2.05) is 12.1 Å². The molecule has 1 aromatic carbocycles. The zero-order valence-electron chi connectivity index (χ0n) is 12.3. The van der Waals surface area contributed by atoms with Gasteiger partial charge in [0.15, 0.2) is 0 Å². The lowest BCUT2D eigenvalue weighted by Gasteiger charge is -2.55. The van der Waals surface area contributed by atoms with E-state index in [-0.39, 0.29) is 11.2 Å². The number of benzene rings is 1. The molecule has 0 spiro atoms. The Bertz CT molecular complexity index is 507. The van der Waals surface area contributed by atoms with Crippen molar-refractivity contribution < 1.29 is 18.3 Å². The molecule has 3 nitrogen and oxygen atoms in total. The molecule has 1 aliphatic heterocycles. The molecule has 1 aromatic rings. The average Bonchev–Trinajstić information content (AvgIpc) is 2.87. The minimum atomic E-state index is -2.79. The van der Waals surface area contributed by atoms with E-state index >= 15 is 0 Å². The van der Waals surface area contributed by atoms with Crippen LogP contribution in [0.1, 0.15) is 25.8 Å². The van der Waals surface area contributed by atoms with Crippen LogP contribution in [0.2, 0.25) is 0 Å². The molecule has 1 saturated carbocycles. The van der Waals surface area contributed by atoms with Gasteiger partial charge in [-0.1, -0.05) is 32.0 Å². The fourth-order valence-corrected chi connectivity index (χ4v) is 3.82. The zero-order valence-corrected chi connectivity index (χ0v) is 12.3. The Morgan fingerprint density at radius 2 is 2.14 bits per heavy atom. The third-order valence-corrected chi connectivity index (χ3v) is 4.80. The lowest BCUT2D eigenvalue weighted by Crippen LogP contribution is -2.65. The van der Waals surface area contributed by atoms with Crippen LogP contribution in [-0.2, 0) is 11.3 Å². The number of hydrogen-bond donors (Lipinski definition) is 1. The van der Waals surface area contributed by atoms with Gasteiger partial charge in [-0.3, -0.25) is 0 Å². The van der Waals surface area contributed by atoms with Crippen LogP contribution in [0.15, 0.2) is 24.3 Å². The van der Waals surface area contributed by atoms with Crippen LogP contribution in [0, 0.1) is 11.3 Å². The highest BCUT2D eigenvalue weighted by Crippen LogP contribution is 2.52. The number of nitrogens with one attached hydrogen (secondary N) is 1. The lowest BCUT2D eigenvalue weighted by atomic mass is 9.57. The number of ether oxygens (including phenoxy) is 2. The van der Waals surface area contributed by atoms with E-state index in [0.29, 0.717) is 24.6 Å². The molecule has 21 heavy (non-hydrogen) atoms. The van der Waals surface area contributed by atoms with E-state index in [0.717, 1.165) is 18.6 Å². The summed E-state index contributed by atoms with van der Waals surface area (Å²) in [7, 11) is 0. The number of alkyl halides is 2. The standard InChI is InChI=1S/C16H21F2NO2/c1-16(2)13(11-7-8-20-14(11)16)19-9-10-5-3-4-6-12(10)21-15(17)18/h3-6,11,13-15,19H,7-9H2,1-2H3. The van der Waals surface area contributed by atoms with Crippen molar-refractivity contribution in [3.05, 3.63) is 29.8 Å². The maximum atomic E-state index is 12.4. The van der Waals surface area contributed by atoms with Gasteiger partial charge < -0.3 is 14.8 Å². The Morgan fingerprint density at radius 3 is 2.90 bits per heavy atom. The van der Waals surface area contributed by atoms with E-state index < -0.39 is 6.61 Å². The maximum Gasteiger partial charge on any atom is 0.387 e. The topological polar surface area (TPSA) is 30.5 Å². The normalized spacial score (nSPS) is 30.0. The second-order valence-electron chi connectivity index (χ2n) is 6.41. The molecule has 5 heteroatoms. The molecule has 1 saturated heterocycles. The molecule has 2 aliphatic rings. The summed E-state index contributed by atoms with van der Waals surface area (Å²) >= 11 is 0. The van der Waals surface area contributed by atoms with Gasteiger partial charge in [0.05, 0.1) is 6.10 Å². The largest absolute Gasteiger partial charge is 0.434 e. The molecular weight excluding hydrogens is 276 g/mol. The summed E-state index contributed by atoms with van der Waals surface area (Å²) in [6.45, 7) is 2.94. The molecule has 3 atom stereocenters. The molecular formula is C16H21F2NO2. The molecule has 0 bridgehead atoms. The monoisotopic (exact) mass is 297 g/mol. The molecule has 0 aromatic heterocycles. The third-order valence-electron chi connectivity index (χ3n) is 4.80. The summed E-state index contributed by atoms with van der Waals surface area (Å²) in [5.74, 6) is 0.777. The van der Waals surface area contributed by atoms with E-state index in [9.17, 15) is 8.78 Å². The van der Waals surface area contributed by atoms with Crippen LogP contribution in [0.3, 0.4) is 0 Å². The van der Waals surface area contributed by atoms with Gasteiger partial charge in [0, 0.05) is 36.1 Å². The Kier molecular flexibility index (Phi) is 3.88. The fourth-order valence-electron chi connectivity index (χ4n) is 3.82. The van der Waals surface area contributed by atoms with Gasteiger partial charge in [-0.15, -0.1) is 0 Å². The lowest BCUT2D eigenvalue weighted by molar-refractivity contribution is -0.113. The van der Waals surface area contributed by atoms with E-state index in [4.69, 9.17) is 4.74 Å². The average molecular weight is 297 g/mol. The van der Waals surface area contributed by atoms with Crippen molar-refractivity contribution in [2.75, 3.05) is 6.61 Å². The molecule has 3 rings (SSSR count). The minimum Gasteiger partial charge on any atom is -0.434 e. The Labute approximate surface area is 123 Å². The molecule has 0 radical (unpaired) electrons. The SMILES string of the molecule is CC1(C)C(NCc2ccccc2OC(F)F)C2CCOC21. The van der Waals surface area contributed by atoms with Crippen LogP contribution in [-0.4, -0.2) is 25.4 Å². The Hall–Kier alpha value is -1.20. The Morgan fingerprint density at radius 1 is 1.38 bits per heavy atom. The first-order valence-electron chi connectivity index (χ1n) is 7.38. The smallest absolute Gasteiger partial charge is 0.387 e. The van der Waals surface area contributed by atoms with E-state index in [2.05, 4.69) is 23.9 Å². The second-order valence-corrected chi connectivity index (χ2v) is 6.41. The molecule has 0 amide bonds. The predicted molar refractivity (Wildman–Crippen MR) is 75.3 cm³/mol. The minimum absolute atomic E-state index is 0.0830. The van der Waals surface area contributed by atoms with Crippen molar-refractivity contribution in [1.82, 2.24) is 5.32 Å². The summed E-state index contributed by atoms with van der Waals surface area (Å²) in [5.41, 5.74) is 0.843. The van der Waals surface area contributed by atoms with E-state index in [1.165, 1.54) is 0 Å². The van der Waals surface area contributed by atoms with Crippen LogP contribution in [0.25, 0.3) is 0 Å². The van der Waals surface area contributed by atoms with Gasteiger partial charge >= 0.3 is 6.61 Å². The molecule has 1 heterocycles. The molecule has 1 aliphatic carbocycles. The fraction of sp³-hybridized carbons (Fsp3) is 0.625. The van der Waals surface area contributed by atoms with Crippen molar-refractivity contribution in [2.24, 2.45) is 11.3 Å². The van der Waals surface area contributed by atoms with Crippen molar-refractivity contribution in [3.8, 4) is 5.75 Å². The first-order chi connectivity index (χ1) is 10.00. The van der Waals surface area contributed by atoms with Gasteiger partial charge in [0.2, 0.25) is 0 Å². The highest BCUT2D eigenvalue weighted by atomic mass is 19.3. The summed E-state index contributed by atoms with van der Waals surface area (Å²) in [6, 6.07) is 7.29. The summed E-state index contributed by atoms with van der Waals surface area (Å²) in [4.78, 5) is 0. The van der Waals surface area contributed by atoms with Gasteiger partial charge in [-0.25, -0.2) is 0 Å². The van der Waals surface area contributed by atoms with E-state index in [1.54, 1.807) is 12.1 Å². The molecule has 3 unspecified atom stereocenters. The molecule has 1 N–H and O–H groups in total. The van der Waals surface area contributed by atoms with Crippen molar-refractivity contribution in [1.29, 1.82) is 0 Å². The Balaban J connectivity index is 1.65. The van der Waals surface area contributed by atoms with Crippen molar-refractivity contribution in [2.45, 2.75) is 45.6 Å². The quantitative estimate of drug-likeness (QED) is 0.905. The van der Waals surface area contributed by atoms with Crippen LogP contribution in [0.5, 0.6) is 5.75 Å². The molecule has 2 fully saturated rings. The first-order valence-corrected chi connectivity index (χ1v) is 7.38. The summed E-state index contributed by atoms with van der Waals surface area (Å²) < 4.78 is 35.2. The van der Waals surface area contributed by atoms with Gasteiger partial charge in [-0.2, -0.15) is 8.78 Å². The number of para-hydroxylation sites is 1. The van der Waals surface area contributed by atoms with Crippen LogP contribution in [0.4, 0.5) is 8.78 Å². The number of rotatable bonds is 5. The van der Waals surface area contributed by atoms with Gasteiger partial charge in [0.1, 0.15) is 5.75 Å². The highest BCUT2D eigenvalue weighted by molar-refractivity contribution is 5.33. The number of hydrogen-bond acceptors (Lipinski definition) is 3. The van der Waals surface area contributed by atoms with Crippen LogP contribution < -0.4 is 10.1 Å². The number of fused-ring (bicyclic) bond motifs is 1. The summed E-state index contributed by atoms with van der Waals surface area (Å²) in [6.07, 6.45) is 1.39. The maximum absolute atomic E-state index is 12.4. The predicted octanol–water partition coefficient (Wildman–Crippen LogP) is 3.19. The summed E-state index contributed by atoms with van der Waals surface area (Å²) in [5, 5.41) is 3.51. The van der Waals surface area contributed by atoms with Crippen molar-refractivity contribution in [3.63, 3.8) is 0 Å². The van der Waals surface area contributed by atoms with Gasteiger partial charge in [0.25, 0.3) is 0 Å². The number of halogens is 2. The third kappa shape index (κ3) is 2.64. The second kappa shape index (κ2) is 5.54. The van der Waals surface area contributed by atoms with Gasteiger partial charge in [-0.05, 0) is 12.5 Å². The molecule has 116 valence electrons. The first kappa shape index (κ1) is 14.7. The highest BCUT2D eigenvalue weighted by Gasteiger charge is 2.58.